The minimum Gasteiger partial charge on any atom is -0.494 e. The van der Waals surface area contributed by atoms with E-state index in [0.29, 0.717) is 23.6 Å². The molecule has 0 amide bonds. The molecule has 0 radical (unpaired) electrons. The molecule has 2 aromatic rings. The number of rotatable bonds is 9. The van der Waals surface area contributed by atoms with E-state index >= 15 is 0 Å². The number of unbranched alkanes of at least 4 members (excludes halogenated alkanes) is 1. The van der Waals surface area contributed by atoms with Gasteiger partial charge in [0.1, 0.15) is 11.6 Å². The fourth-order valence-corrected chi connectivity index (χ4v) is 4.25. The van der Waals surface area contributed by atoms with Crippen LogP contribution in [0.15, 0.2) is 30.3 Å². The third-order valence-electron chi connectivity index (χ3n) is 5.99. The van der Waals surface area contributed by atoms with Crippen molar-refractivity contribution in [3.05, 3.63) is 41.8 Å². The molecular weight excluding hydrogens is 351 g/mol. The van der Waals surface area contributed by atoms with Crippen LogP contribution in [0.4, 0.5) is 4.39 Å². The molecule has 1 saturated carbocycles. The van der Waals surface area contributed by atoms with Crippen LogP contribution in [0.3, 0.4) is 0 Å². The minimum atomic E-state index is -0.326. The van der Waals surface area contributed by atoms with Gasteiger partial charge < -0.3 is 4.74 Å². The Morgan fingerprint density at radius 3 is 2.32 bits per heavy atom. The molecule has 3 rings (SSSR count). The van der Waals surface area contributed by atoms with Gasteiger partial charge in [0.25, 0.3) is 0 Å². The summed E-state index contributed by atoms with van der Waals surface area (Å²) in [7, 11) is 0. The van der Waals surface area contributed by atoms with Crippen molar-refractivity contribution in [2.45, 2.75) is 71.6 Å². The summed E-state index contributed by atoms with van der Waals surface area (Å²) < 4.78 is 19.6. The highest BCUT2D eigenvalue weighted by Gasteiger charge is 2.20. The molecule has 0 unspecified atom stereocenters. The van der Waals surface area contributed by atoms with Crippen LogP contribution in [0, 0.1) is 17.7 Å². The van der Waals surface area contributed by atoms with Crippen molar-refractivity contribution in [1.82, 2.24) is 10.2 Å². The summed E-state index contributed by atoms with van der Waals surface area (Å²) in [5, 5.41) is 8.61. The van der Waals surface area contributed by atoms with Gasteiger partial charge in [-0.3, -0.25) is 0 Å². The molecule has 0 spiro atoms. The lowest BCUT2D eigenvalue weighted by molar-refractivity contribution is 0.249. The second kappa shape index (κ2) is 10.5. The van der Waals surface area contributed by atoms with Gasteiger partial charge in [0.2, 0.25) is 0 Å². The number of hydrogen-bond acceptors (Lipinski definition) is 3. The van der Waals surface area contributed by atoms with Crippen molar-refractivity contribution in [1.29, 1.82) is 0 Å². The largest absolute Gasteiger partial charge is 0.494 e. The number of hydrogen-bond donors (Lipinski definition) is 0. The first kappa shape index (κ1) is 20.8. The van der Waals surface area contributed by atoms with E-state index in [9.17, 15) is 4.39 Å². The van der Waals surface area contributed by atoms with Crippen LogP contribution in [0.25, 0.3) is 11.3 Å². The maximum Gasteiger partial charge on any atom is 0.136 e. The van der Waals surface area contributed by atoms with Crippen LogP contribution < -0.4 is 4.74 Å². The lowest BCUT2D eigenvalue weighted by Crippen LogP contribution is -2.15. The second-order valence-electron chi connectivity index (χ2n) is 8.05. The van der Waals surface area contributed by atoms with Crippen LogP contribution >= 0.6 is 0 Å². The predicted molar refractivity (Wildman–Crippen MR) is 112 cm³/mol. The van der Waals surface area contributed by atoms with Crippen LogP contribution in [0.5, 0.6) is 5.75 Å². The Morgan fingerprint density at radius 1 is 0.964 bits per heavy atom. The van der Waals surface area contributed by atoms with E-state index in [2.05, 4.69) is 17.1 Å². The van der Waals surface area contributed by atoms with Crippen molar-refractivity contribution in [2.24, 2.45) is 11.8 Å². The molecular formula is C24H33FN2O. The predicted octanol–water partition coefficient (Wildman–Crippen LogP) is 6.61. The first-order valence-corrected chi connectivity index (χ1v) is 10.9. The Hall–Kier alpha value is -1.97. The molecule has 4 heteroatoms. The normalized spacial score (nSPS) is 19.5. The van der Waals surface area contributed by atoms with Gasteiger partial charge in [0.15, 0.2) is 0 Å². The molecule has 0 saturated heterocycles. The molecule has 1 fully saturated rings. The molecule has 0 atom stereocenters. The molecule has 3 nitrogen and oxygen atoms in total. The summed E-state index contributed by atoms with van der Waals surface area (Å²) in [4.78, 5) is 0. The van der Waals surface area contributed by atoms with E-state index in [1.54, 1.807) is 12.1 Å². The molecule has 1 aromatic heterocycles. The Morgan fingerprint density at radius 2 is 1.71 bits per heavy atom. The summed E-state index contributed by atoms with van der Waals surface area (Å²) in [6.45, 7) is 4.68. The van der Waals surface area contributed by atoms with Crippen molar-refractivity contribution >= 4 is 0 Å². The lowest BCUT2D eigenvalue weighted by Gasteiger charge is -2.28. The second-order valence-corrected chi connectivity index (χ2v) is 8.05. The number of nitrogens with zero attached hydrogens (tertiary/aromatic N) is 2. The summed E-state index contributed by atoms with van der Waals surface area (Å²) in [6, 6.07) is 8.76. The van der Waals surface area contributed by atoms with Crippen LogP contribution in [0.1, 0.15) is 70.9 Å². The topological polar surface area (TPSA) is 35.0 Å². The Balaban J connectivity index is 1.50. The van der Waals surface area contributed by atoms with E-state index in [0.717, 1.165) is 24.0 Å². The summed E-state index contributed by atoms with van der Waals surface area (Å²) >= 11 is 0. The maximum absolute atomic E-state index is 14.3. The molecule has 1 aliphatic carbocycles. The zero-order chi connectivity index (χ0) is 19.8. The quantitative estimate of drug-likeness (QED) is 0.488. The van der Waals surface area contributed by atoms with Crippen molar-refractivity contribution in [2.75, 3.05) is 6.61 Å². The van der Waals surface area contributed by atoms with Gasteiger partial charge in [-0.2, -0.15) is 10.2 Å². The van der Waals surface area contributed by atoms with Crippen molar-refractivity contribution in [3.63, 3.8) is 0 Å². The van der Waals surface area contributed by atoms with Crippen molar-refractivity contribution in [3.8, 4) is 17.0 Å². The highest BCUT2D eigenvalue weighted by molar-refractivity contribution is 5.60. The average molecular weight is 385 g/mol. The Bertz CT molecular complexity index is 724. The summed E-state index contributed by atoms with van der Waals surface area (Å²) in [5.41, 5.74) is 2.04. The molecule has 152 valence electrons. The zero-order valence-corrected chi connectivity index (χ0v) is 17.3. The van der Waals surface area contributed by atoms with Gasteiger partial charge in [-0.15, -0.1) is 0 Å². The minimum absolute atomic E-state index is 0.326. The van der Waals surface area contributed by atoms with Crippen LogP contribution in [-0.2, 0) is 6.42 Å². The molecule has 0 aliphatic heterocycles. The van der Waals surface area contributed by atoms with Gasteiger partial charge in [-0.05, 0) is 55.9 Å². The van der Waals surface area contributed by atoms with Crippen LogP contribution in [-0.4, -0.2) is 16.8 Å². The van der Waals surface area contributed by atoms with Gasteiger partial charge in [-0.1, -0.05) is 51.9 Å². The number of aromatic nitrogens is 2. The average Bonchev–Trinajstić information content (AvgIpc) is 2.72. The third-order valence-corrected chi connectivity index (χ3v) is 5.99. The van der Waals surface area contributed by atoms with E-state index < -0.39 is 0 Å². The molecule has 28 heavy (non-hydrogen) atoms. The van der Waals surface area contributed by atoms with Gasteiger partial charge in [-0.25, -0.2) is 4.39 Å². The fourth-order valence-electron chi connectivity index (χ4n) is 4.25. The van der Waals surface area contributed by atoms with E-state index in [1.807, 2.05) is 19.1 Å². The van der Waals surface area contributed by atoms with E-state index in [4.69, 9.17) is 4.74 Å². The SMILES string of the molecule is CCCCC1CCC(CCc2ccc(-c3ccc(OCC)cc3F)nn2)CC1. The smallest absolute Gasteiger partial charge is 0.136 e. The van der Waals surface area contributed by atoms with Crippen LogP contribution in [0.2, 0.25) is 0 Å². The van der Waals surface area contributed by atoms with E-state index in [-0.39, 0.29) is 5.82 Å². The lowest BCUT2D eigenvalue weighted by atomic mass is 9.78. The maximum atomic E-state index is 14.3. The zero-order valence-electron chi connectivity index (χ0n) is 17.3. The molecule has 0 N–H and O–H groups in total. The Kier molecular flexibility index (Phi) is 7.81. The molecule has 0 bridgehead atoms. The van der Waals surface area contributed by atoms with E-state index in [1.165, 1.54) is 57.4 Å². The molecule has 1 heterocycles. The summed E-state index contributed by atoms with van der Waals surface area (Å²) in [5.74, 6) is 1.99. The third kappa shape index (κ3) is 5.76. The standard InChI is InChI=1S/C24H33FN2O/c1-3-5-6-18-7-9-19(10-8-18)11-12-20-13-16-24(27-26-20)22-15-14-21(28-4-2)17-23(22)25/h13-19H,3-12H2,1-2H3. The molecule has 1 aliphatic rings. The monoisotopic (exact) mass is 384 g/mol. The summed E-state index contributed by atoms with van der Waals surface area (Å²) in [6.07, 6.45) is 11.8. The van der Waals surface area contributed by atoms with Gasteiger partial charge in [0, 0.05) is 11.6 Å². The van der Waals surface area contributed by atoms with Crippen molar-refractivity contribution < 1.29 is 9.13 Å². The highest BCUT2D eigenvalue weighted by atomic mass is 19.1. The number of halogens is 1. The highest BCUT2D eigenvalue weighted by Crippen LogP contribution is 2.34. The van der Waals surface area contributed by atoms with Gasteiger partial charge in [0.05, 0.1) is 18.0 Å². The van der Waals surface area contributed by atoms with Gasteiger partial charge >= 0.3 is 0 Å². The number of ether oxygens (including phenoxy) is 1. The number of benzene rings is 1. The number of aryl methyl sites for hydroxylation is 1. The first-order valence-electron chi connectivity index (χ1n) is 10.9. The first-order chi connectivity index (χ1) is 13.7. The Labute approximate surface area is 168 Å². The molecule has 1 aromatic carbocycles. The fraction of sp³-hybridized carbons (Fsp3) is 0.583.